The molecule has 2 aromatic rings. The number of aryl methyl sites for hydroxylation is 1. The number of hydrogen-bond donors (Lipinski definition) is 0. The summed E-state index contributed by atoms with van der Waals surface area (Å²) in [6.07, 6.45) is 1.36. The van der Waals surface area contributed by atoms with E-state index in [1.54, 1.807) is 17.5 Å². The lowest BCUT2D eigenvalue weighted by Gasteiger charge is -2.43. The molecule has 0 amide bonds. The molecule has 0 atom stereocenters. The standard InChI is InChI=1S/C18H19NO4S2/c1-13-4-5-14-15(20)12-18(23-16(14)11-13)6-8-19(9-7-18)25(21,22)17-3-2-10-24-17/h2-5,10-11H,6-9,12H2,1H3. The second-order valence-electron chi connectivity index (χ2n) is 6.72. The molecule has 2 aliphatic rings. The van der Waals surface area contributed by atoms with Crippen molar-refractivity contribution in [3.63, 3.8) is 0 Å². The summed E-state index contributed by atoms with van der Waals surface area (Å²) < 4.78 is 33.4. The minimum atomic E-state index is -3.44. The number of carbonyl (C=O) groups is 1. The zero-order valence-electron chi connectivity index (χ0n) is 13.9. The summed E-state index contributed by atoms with van der Waals surface area (Å²) in [6, 6.07) is 8.99. The van der Waals surface area contributed by atoms with E-state index in [-0.39, 0.29) is 5.78 Å². The Balaban J connectivity index is 1.55. The fourth-order valence-electron chi connectivity index (χ4n) is 3.55. The van der Waals surface area contributed by atoms with Gasteiger partial charge in [-0.15, -0.1) is 11.3 Å². The Morgan fingerprint density at radius 3 is 2.64 bits per heavy atom. The molecule has 2 aliphatic heterocycles. The van der Waals surface area contributed by atoms with Crippen molar-refractivity contribution in [2.24, 2.45) is 0 Å². The van der Waals surface area contributed by atoms with Crippen molar-refractivity contribution in [2.75, 3.05) is 13.1 Å². The molecule has 4 rings (SSSR count). The summed E-state index contributed by atoms with van der Waals surface area (Å²) >= 11 is 1.23. The van der Waals surface area contributed by atoms with Gasteiger partial charge in [-0.1, -0.05) is 12.1 Å². The Morgan fingerprint density at radius 2 is 1.96 bits per heavy atom. The molecule has 25 heavy (non-hydrogen) atoms. The molecule has 132 valence electrons. The molecule has 3 heterocycles. The highest BCUT2D eigenvalue weighted by Crippen LogP contribution is 2.40. The predicted octanol–water partition coefficient (Wildman–Crippen LogP) is 3.25. The largest absolute Gasteiger partial charge is 0.486 e. The second kappa shape index (κ2) is 5.93. The van der Waals surface area contributed by atoms with E-state index in [0.29, 0.717) is 47.9 Å². The number of hydrogen-bond acceptors (Lipinski definition) is 5. The lowest BCUT2D eigenvalue weighted by molar-refractivity contribution is 0.00591. The van der Waals surface area contributed by atoms with Crippen LogP contribution in [-0.2, 0) is 10.0 Å². The topological polar surface area (TPSA) is 63.7 Å². The number of thiophene rings is 1. The van der Waals surface area contributed by atoms with Crippen LogP contribution in [0.2, 0.25) is 0 Å². The van der Waals surface area contributed by atoms with Gasteiger partial charge in [-0.2, -0.15) is 4.31 Å². The molecule has 0 saturated carbocycles. The SMILES string of the molecule is Cc1ccc2c(c1)OC1(CCN(S(=O)(=O)c3cccs3)CC1)CC2=O. The number of sulfonamides is 1. The van der Waals surface area contributed by atoms with Crippen molar-refractivity contribution in [3.8, 4) is 5.75 Å². The molecule has 1 fully saturated rings. The number of rotatable bonds is 2. The zero-order valence-corrected chi connectivity index (χ0v) is 15.5. The van der Waals surface area contributed by atoms with E-state index in [0.717, 1.165) is 5.56 Å². The van der Waals surface area contributed by atoms with Crippen LogP contribution in [0.15, 0.2) is 39.9 Å². The van der Waals surface area contributed by atoms with E-state index < -0.39 is 15.6 Å². The number of nitrogens with zero attached hydrogens (tertiary/aromatic N) is 1. The Labute approximate surface area is 151 Å². The van der Waals surface area contributed by atoms with Crippen molar-refractivity contribution >= 4 is 27.1 Å². The van der Waals surface area contributed by atoms with Crippen LogP contribution in [0.5, 0.6) is 5.75 Å². The first-order chi connectivity index (χ1) is 11.9. The number of ether oxygens (including phenoxy) is 1. The molecule has 0 bridgehead atoms. The highest BCUT2D eigenvalue weighted by Gasteiger charge is 2.45. The van der Waals surface area contributed by atoms with Crippen LogP contribution in [0.1, 0.15) is 35.2 Å². The van der Waals surface area contributed by atoms with Crippen LogP contribution >= 0.6 is 11.3 Å². The van der Waals surface area contributed by atoms with Gasteiger partial charge in [-0.25, -0.2) is 8.42 Å². The number of carbonyl (C=O) groups excluding carboxylic acids is 1. The van der Waals surface area contributed by atoms with Gasteiger partial charge < -0.3 is 4.74 Å². The normalized spacial score (nSPS) is 20.3. The highest BCUT2D eigenvalue weighted by molar-refractivity contribution is 7.91. The minimum Gasteiger partial charge on any atom is -0.486 e. The first-order valence-electron chi connectivity index (χ1n) is 8.26. The third-order valence-corrected chi connectivity index (χ3v) is 8.24. The van der Waals surface area contributed by atoms with Gasteiger partial charge in [-0.3, -0.25) is 4.79 Å². The molecule has 1 saturated heterocycles. The van der Waals surface area contributed by atoms with Crippen LogP contribution in [0.3, 0.4) is 0 Å². The molecule has 5 nitrogen and oxygen atoms in total. The Morgan fingerprint density at radius 1 is 1.20 bits per heavy atom. The summed E-state index contributed by atoms with van der Waals surface area (Å²) in [5.41, 5.74) is 1.09. The second-order valence-corrected chi connectivity index (χ2v) is 9.83. The first kappa shape index (κ1) is 16.8. The molecule has 0 aliphatic carbocycles. The fourth-order valence-corrected chi connectivity index (χ4v) is 6.14. The number of ketones is 1. The number of piperidine rings is 1. The van der Waals surface area contributed by atoms with Gasteiger partial charge in [0, 0.05) is 25.9 Å². The van der Waals surface area contributed by atoms with Crippen LogP contribution in [-0.4, -0.2) is 37.2 Å². The number of benzene rings is 1. The lowest BCUT2D eigenvalue weighted by atomic mass is 9.83. The van der Waals surface area contributed by atoms with Crippen molar-refractivity contribution in [1.29, 1.82) is 0 Å². The summed E-state index contributed by atoms with van der Waals surface area (Å²) in [6.45, 7) is 2.70. The average Bonchev–Trinajstić information content (AvgIpc) is 3.10. The molecule has 0 radical (unpaired) electrons. The smallest absolute Gasteiger partial charge is 0.252 e. The van der Waals surface area contributed by atoms with Crippen LogP contribution in [0.4, 0.5) is 0 Å². The summed E-state index contributed by atoms with van der Waals surface area (Å²) in [5.74, 6) is 0.710. The molecule has 7 heteroatoms. The third kappa shape index (κ3) is 2.90. The van der Waals surface area contributed by atoms with E-state index in [1.807, 2.05) is 25.1 Å². The van der Waals surface area contributed by atoms with Crippen molar-refractivity contribution in [1.82, 2.24) is 4.31 Å². The van der Waals surface area contributed by atoms with Gasteiger partial charge >= 0.3 is 0 Å². The number of fused-ring (bicyclic) bond motifs is 1. The van der Waals surface area contributed by atoms with Crippen LogP contribution < -0.4 is 4.74 Å². The molecular formula is C18H19NO4S2. The highest BCUT2D eigenvalue weighted by atomic mass is 32.2. The summed E-state index contributed by atoms with van der Waals surface area (Å²) in [4.78, 5) is 12.5. The maximum atomic E-state index is 12.7. The van der Waals surface area contributed by atoms with E-state index in [4.69, 9.17) is 4.74 Å². The van der Waals surface area contributed by atoms with Gasteiger partial charge in [0.15, 0.2) is 5.78 Å². The quantitative estimate of drug-likeness (QED) is 0.806. The Kier molecular flexibility index (Phi) is 3.97. The van der Waals surface area contributed by atoms with E-state index in [1.165, 1.54) is 15.6 Å². The van der Waals surface area contributed by atoms with Gasteiger partial charge in [0.2, 0.25) is 0 Å². The number of Topliss-reactive ketones (excluding diaryl/α,β-unsaturated/α-hetero) is 1. The summed E-state index contributed by atoms with van der Waals surface area (Å²) in [7, 11) is -3.44. The molecule has 1 spiro atoms. The third-order valence-electron chi connectivity index (χ3n) is 4.97. The summed E-state index contributed by atoms with van der Waals surface area (Å²) in [5, 5.41) is 1.76. The van der Waals surface area contributed by atoms with Crippen molar-refractivity contribution in [2.45, 2.75) is 36.0 Å². The van der Waals surface area contributed by atoms with Crippen molar-refractivity contribution in [3.05, 3.63) is 46.8 Å². The first-order valence-corrected chi connectivity index (χ1v) is 10.6. The van der Waals surface area contributed by atoms with Gasteiger partial charge in [-0.05, 0) is 36.1 Å². The Bertz CT molecular complexity index is 911. The van der Waals surface area contributed by atoms with E-state index >= 15 is 0 Å². The monoisotopic (exact) mass is 377 g/mol. The van der Waals surface area contributed by atoms with E-state index in [9.17, 15) is 13.2 Å². The molecule has 1 aromatic carbocycles. The zero-order chi connectivity index (χ0) is 17.7. The van der Waals surface area contributed by atoms with Gasteiger partial charge in [0.05, 0.1) is 12.0 Å². The molecule has 1 aromatic heterocycles. The van der Waals surface area contributed by atoms with Gasteiger partial charge in [0.25, 0.3) is 10.0 Å². The average molecular weight is 377 g/mol. The lowest BCUT2D eigenvalue weighted by Crippen LogP contribution is -2.52. The minimum absolute atomic E-state index is 0.0795. The molecular weight excluding hydrogens is 358 g/mol. The Hall–Kier alpha value is -1.70. The maximum Gasteiger partial charge on any atom is 0.252 e. The van der Waals surface area contributed by atoms with Gasteiger partial charge in [0.1, 0.15) is 15.6 Å². The molecule has 0 unspecified atom stereocenters. The predicted molar refractivity (Wildman–Crippen MR) is 95.8 cm³/mol. The fraction of sp³-hybridized carbons (Fsp3) is 0.389. The maximum absolute atomic E-state index is 12.7. The van der Waals surface area contributed by atoms with Crippen LogP contribution in [0.25, 0.3) is 0 Å². The van der Waals surface area contributed by atoms with Crippen molar-refractivity contribution < 1.29 is 17.9 Å². The van der Waals surface area contributed by atoms with Crippen LogP contribution in [0, 0.1) is 6.92 Å². The molecule has 0 N–H and O–H groups in total. The van der Waals surface area contributed by atoms with E-state index in [2.05, 4.69) is 0 Å².